The van der Waals surface area contributed by atoms with Crippen molar-refractivity contribution in [1.82, 2.24) is 0 Å². The van der Waals surface area contributed by atoms with E-state index in [-0.39, 0.29) is 0 Å². The van der Waals surface area contributed by atoms with Crippen molar-refractivity contribution in [2.45, 2.75) is 12.5 Å². The van der Waals surface area contributed by atoms with Gasteiger partial charge in [-0.05, 0) is 41.8 Å². The lowest BCUT2D eigenvalue weighted by Crippen LogP contribution is -2.32. The van der Waals surface area contributed by atoms with Crippen LogP contribution in [0.1, 0.15) is 23.6 Å². The minimum Gasteiger partial charge on any atom is -0.456 e. The molecule has 0 saturated heterocycles. The molecule has 5 aromatic rings. The summed E-state index contributed by atoms with van der Waals surface area (Å²) in [6.45, 7) is 2.64. The normalized spacial score (nSPS) is 11.9. The first-order valence-electron chi connectivity index (χ1n) is 9.99. The molecule has 2 heteroatoms. The van der Waals surface area contributed by atoms with Gasteiger partial charge in [-0.2, -0.15) is 0 Å². The first kappa shape index (κ1) is 17.7. The minimum atomic E-state index is -0.691. The molecule has 5 rings (SSSR count). The molecular formula is C27H22O2. The van der Waals surface area contributed by atoms with E-state index in [0.29, 0.717) is 6.61 Å². The van der Waals surface area contributed by atoms with Crippen LogP contribution >= 0.6 is 0 Å². The van der Waals surface area contributed by atoms with Crippen LogP contribution in [-0.2, 0) is 10.3 Å². The van der Waals surface area contributed by atoms with Gasteiger partial charge in [0, 0.05) is 17.4 Å². The number of rotatable bonds is 5. The summed E-state index contributed by atoms with van der Waals surface area (Å²) >= 11 is 0. The molecule has 0 unspecified atom stereocenters. The van der Waals surface area contributed by atoms with Gasteiger partial charge >= 0.3 is 0 Å². The van der Waals surface area contributed by atoms with E-state index in [9.17, 15) is 0 Å². The van der Waals surface area contributed by atoms with E-state index in [0.717, 1.165) is 38.6 Å². The van der Waals surface area contributed by atoms with Crippen molar-refractivity contribution < 1.29 is 9.15 Å². The van der Waals surface area contributed by atoms with Gasteiger partial charge in [0.25, 0.3) is 0 Å². The van der Waals surface area contributed by atoms with Crippen LogP contribution in [0.3, 0.4) is 0 Å². The maximum atomic E-state index is 6.59. The van der Waals surface area contributed by atoms with Crippen LogP contribution < -0.4 is 0 Å². The highest BCUT2D eigenvalue weighted by molar-refractivity contribution is 6.05. The molecule has 0 aliphatic rings. The van der Waals surface area contributed by atoms with E-state index in [4.69, 9.17) is 9.15 Å². The second-order valence-electron chi connectivity index (χ2n) is 7.16. The van der Waals surface area contributed by atoms with Crippen molar-refractivity contribution in [2.75, 3.05) is 6.61 Å². The van der Waals surface area contributed by atoms with E-state index >= 15 is 0 Å². The number of hydrogen-bond acceptors (Lipinski definition) is 2. The van der Waals surface area contributed by atoms with Crippen molar-refractivity contribution in [3.63, 3.8) is 0 Å². The molecule has 142 valence electrons. The molecule has 4 aromatic carbocycles. The largest absolute Gasteiger partial charge is 0.456 e. The quantitative estimate of drug-likeness (QED) is 0.310. The predicted molar refractivity (Wildman–Crippen MR) is 118 cm³/mol. The Bertz CT molecular complexity index is 1210. The fraction of sp³-hybridized carbons (Fsp3) is 0.111. The van der Waals surface area contributed by atoms with Crippen molar-refractivity contribution in [2.24, 2.45) is 0 Å². The van der Waals surface area contributed by atoms with Crippen LogP contribution in [-0.4, -0.2) is 6.61 Å². The molecular weight excluding hydrogens is 356 g/mol. The Kier molecular flexibility index (Phi) is 4.42. The Balaban J connectivity index is 1.84. The van der Waals surface area contributed by atoms with Crippen LogP contribution in [0.2, 0.25) is 0 Å². The molecule has 1 aromatic heterocycles. The topological polar surface area (TPSA) is 22.4 Å². The molecule has 0 saturated carbocycles. The lowest BCUT2D eigenvalue weighted by molar-refractivity contribution is 0.0217. The minimum absolute atomic E-state index is 0.591. The zero-order valence-electron chi connectivity index (χ0n) is 16.3. The van der Waals surface area contributed by atoms with Crippen LogP contribution in [0, 0.1) is 0 Å². The lowest BCUT2D eigenvalue weighted by Gasteiger charge is -2.35. The molecule has 0 radical (unpaired) electrons. The fourth-order valence-corrected chi connectivity index (χ4v) is 4.26. The zero-order valence-corrected chi connectivity index (χ0v) is 16.3. The molecule has 0 aliphatic heterocycles. The molecule has 0 N–H and O–H groups in total. The van der Waals surface area contributed by atoms with Gasteiger partial charge in [0.2, 0.25) is 0 Å². The Morgan fingerprint density at radius 2 is 1.21 bits per heavy atom. The third-order valence-corrected chi connectivity index (χ3v) is 5.50. The Morgan fingerprint density at radius 3 is 1.86 bits per heavy atom. The summed E-state index contributed by atoms with van der Waals surface area (Å²) in [6, 6.07) is 35.5. The van der Waals surface area contributed by atoms with Crippen LogP contribution in [0.15, 0.2) is 108 Å². The van der Waals surface area contributed by atoms with Crippen molar-refractivity contribution in [3.05, 3.63) is 120 Å². The monoisotopic (exact) mass is 378 g/mol. The number of fused-ring (bicyclic) bond motifs is 3. The highest BCUT2D eigenvalue weighted by Crippen LogP contribution is 2.42. The summed E-state index contributed by atoms with van der Waals surface area (Å²) < 4.78 is 12.6. The number of benzene rings is 4. The number of para-hydroxylation sites is 1. The van der Waals surface area contributed by atoms with Gasteiger partial charge in [0.15, 0.2) is 0 Å². The zero-order chi connectivity index (χ0) is 19.7. The van der Waals surface area contributed by atoms with Gasteiger partial charge in [-0.3, -0.25) is 0 Å². The van der Waals surface area contributed by atoms with Gasteiger partial charge < -0.3 is 9.15 Å². The van der Waals surface area contributed by atoms with Crippen LogP contribution in [0.4, 0.5) is 0 Å². The molecule has 29 heavy (non-hydrogen) atoms. The van der Waals surface area contributed by atoms with Crippen molar-refractivity contribution in [3.8, 4) is 0 Å². The van der Waals surface area contributed by atoms with E-state index < -0.39 is 5.60 Å². The average molecular weight is 378 g/mol. The molecule has 0 spiro atoms. The summed E-state index contributed by atoms with van der Waals surface area (Å²) in [5.41, 5.74) is 4.42. The molecule has 0 fully saturated rings. The second kappa shape index (κ2) is 7.23. The van der Waals surface area contributed by atoms with Crippen molar-refractivity contribution >= 4 is 21.9 Å². The first-order valence-corrected chi connectivity index (χ1v) is 9.99. The fourth-order valence-electron chi connectivity index (χ4n) is 4.26. The Hall–Kier alpha value is -3.36. The molecule has 0 bridgehead atoms. The summed E-state index contributed by atoms with van der Waals surface area (Å²) in [6.07, 6.45) is 0. The molecule has 0 atom stereocenters. The lowest BCUT2D eigenvalue weighted by atomic mass is 9.79. The van der Waals surface area contributed by atoms with E-state index in [1.165, 1.54) is 0 Å². The maximum Gasteiger partial charge on any atom is 0.143 e. The standard InChI is InChI=1S/C27H22O2/c1-2-28-27(20-11-5-3-6-12-20,21-13-7-4-8-14-21)22-17-18-26-24(19-22)23-15-9-10-16-25(23)29-26/h3-19H,2H2,1H3. The number of ether oxygens (including phenoxy) is 1. The predicted octanol–water partition coefficient (Wildman–Crippen LogP) is 6.91. The van der Waals surface area contributed by atoms with Gasteiger partial charge in [-0.15, -0.1) is 0 Å². The van der Waals surface area contributed by atoms with Gasteiger partial charge in [-0.1, -0.05) is 84.9 Å². The highest BCUT2D eigenvalue weighted by atomic mass is 16.5. The van der Waals surface area contributed by atoms with Gasteiger partial charge in [0.05, 0.1) is 0 Å². The summed E-state index contributed by atoms with van der Waals surface area (Å²) in [7, 11) is 0. The van der Waals surface area contributed by atoms with Crippen molar-refractivity contribution in [1.29, 1.82) is 0 Å². The third kappa shape index (κ3) is 2.84. The van der Waals surface area contributed by atoms with Gasteiger partial charge in [-0.25, -0.2) is 0 Å². The Labute approximate surface area is 170 Å². The van der Waals surface area contributed by atoms with E-state index in [1.54, 1.807) is 0 Å². The summed E-state index contributed by atoms with van der Waals surface area (Å²) in [4.78, 5) is 0. The maximum absolute atomic E-state index is 6.59. The van der Waals surface area contributed by atoms with E-state index in [1.807, 2.05) is 37.3 Å². The second-order valence-corrected chi connectivity index (χ2v) is 7.16. The first-order chi connectivity index (χ1) is 14.3. The SMILES string of the molecule is CCOC(c1ccccc1)(c1ccccc1)c1ccc2oc3ccccc3c2c1. The van der Waals surface area contributed by atoms with Crippen LogP contribution in [0.5, 0.6) is 0 Å². The molecule has 1 heterocycles. The molecule has 2 nitrogen and oxygen atoms in total. The summed E-state index contributed by atoms with van der Waals surface area (Å²) in [5, 5.41) is 2.23. The third-order valence-electron chi connectivity index (χ3n) is 5.50. The van der Waals surface area contributed by atoms with Gasteiger partial charge in [0.1, 0.15) is 16.8 Å². The smallest absolute Gasteiger partial charge is 0.143 e. The molecule has 0 aliphatic carbocycles. The number of furan rings is 1. The summed E-state index contributed by atoms with van der Waals surface area (Å²) in [5.74, 6) is 0. The average Bonchev–Trinajstić information content (AvgIpc) is 3.17. The Morgan fingerprint density at radius 1 is 0.621 bits per heavy atom. The molecule has 0 amide bonds. The number of hydrogen-bond donors (Lipinski definition) is 0. The van der Waals surface area contributed by atoms with Crippen LogP contribution in [0.25, 0.3) is 21.9 Å². The van der Waals surface area contributed by atoms with E-state index in [2.05, 4.69) is 72.8 Å². The highest BCUT2D eigenvalue weighted by Gasteiger charge is 2.37.